The maximum Gasteiger partial charge on any atom is 0.435 e. The summed E-state index contributed by atoms with van der Waals surface area (Å²) in [5, 5.41) is 6.40. The molecule has 0 aliphatic heterocycles. The summed E-state index contributed by atoms with van der Waals surface area (Å²) in [6.07, 6.45) is -3.31. The number of carbonyl (C=O) groups is 1. The van der Waals surface area contributed by atoms with Gasteiger partial charge < -0.3 is 11.1 Å². The van der Waals surface area contributed by atoms with Gasteiger partial charge in [0.25, 0.3) is 5.91 Å². The van der Waals surface area contributed by atoms with Crippen molar-refractivity contribution in [3.63, 3.8) is 0 Å². The van der Waals surface area contributed by atoms with Gasteiger partial charge in [-0.1, -0.05) is 19.9 Å². The van der Waals surface area contributed by atoms with Crippen LogP contribution in [0.15, 0.2) is 36.5 Å². The molecular weight excluding hydrogens is 369 g/mol. The molecule has 5 nitrogen and oxygen atoms in total. The number of hydrogen-bond acceptors (Lipinski definition) is 3. The van der Waals surface area contributed by atoms with Gasteiger partial charge in [-0.2, -0.15) is 18.3 Å². The molecule has 2 rings (SSSR count). The Bertz CT molecular complexity index is 760. The highest BCUT2D eigenvalue weighted by Gasteiger charge is 2.33. The fourth-order valence-corrected chi connectivity index (χ4v) is 2.17. The Morgan fingerprint density at radius 2 is 1.96 bits per heavy atom. The third kappa shape index (κ3) is 4.76. The summed E-state index contributed by atoms with van der Waals surface area (Å²) < 4.78 is 39.1. The van der Waals surface area contributed by atoms with Crippen molar-refractivity contribution < 1.29 is 18.0 Å². The second kappa shape index (κ2) is 8.09. The largest absolute Gasteiger partial charge is 0.435 e. The monoisotopic (exact) mass is 390 g/mol. The molecule has 1 heterocycles. The van der Waals surface area contributed by atoms with Crippen LogP contribution < -0.4 is 11.1 Å². The Morgan fingerprint density at radius 3 is 2.46 bits per heavy atom. The lowest BCUT2D eigenvalue weighted by atomic mass is 9.88. The number of rotatable bonds is 5. The molecule has 9 heteroatoms. The molecule has 0 saturated carbocycles. The summed E-state index contributed by atoms with van der Waals surface area (Å²) in [6.45, 7) is 6.02. The van der Waals surface area contributed by atoms with E-state index in [0.717, 1.165) is 10.7 Å². The fraction of sp³-hybridized carbons (Fsp3) is 0.412. The molecule has 1 atom stereocenters. The van der Waals surface area contributed by atoms with Gasteiger partial charge in [0.1, 0.15) is 0 Å². The summed E-state index contributed by atoms with van der Waals surface area (Å²) in [4.78, 5) is 12.5. The number of alkyl halides is 3. The molecule has 0 radical (unpaired) electrons. The first kappa shape index (κ1) is 22.0. The first-order valence-corrected chi connectivity index (χ1v) is 7.83. The van der Waals surface area contributed by atoms with Crippen LogP contribution >= 0.6 is 12.4 Å². The number of halogens is 4. The van der Waals surface area contributed by atoms with Crippen LogP contribution in [0.5, 0.6) is 0 Å². The number of nitrogens with one attached hydrogen (secondary N) is 1. The minimum absolute atomic E-state index is 0. The fourth-order valence-electron chi connectivity index (χ4n) is 2.17. The first-order chi connectivity index (χ1) is 11.6. The second-order valence-electron chi connectivity index (χ2n) is 6.42. The van der Waals surface area contributed by atoms with E-state index >= 15 is 0 Å². The number of nitrogens with zero attached hydrogens (tertiary/aromatic N) is 2. The van der Waals surface area contributed by atoms with Crippen molar-refractivity contribution in [2.24, 2.45) is 11.7 Å². The van der Waals surface area contributed by atoms with Crippen molar-refractivity contribution in [3.8, 4) is 5.69 Å². The van der Waals surface area contributed by atoms with E-state index in [1.165, 1.54) is 12.3 Å². The number of hydrogen-bond donors (Lipinski definition) is 2. The van der Waals surface area contributed by atoms with E-state index in [1.54, 1.807) is 18.2 Å². The van der Waals surface area contributed by atoms with Crippen LogP contribution in [-0.4, -0.2) is 27.8 Å². The number of aromatic nitrogens is 2. The lowest BCUT2D eigenvalue weighted by Crippen LogP contribution is -2.55. The van der Waals surface area contributed by atoms with E-state index in [2.05, 4.69) is 10.4 Å². The molecule has 1 aromatic heterocycles. The predicted molar refractivity (Wildman–Crippen MR) is 95.6 cm³/mol. The zero-order valence-electron chi connectivity index (χ0n) is 14.7. The van der Waals surface area contributed by atoms with Crippen LogP contribution in [0.2, 0.25) is 0 Å². The zero-order chi connectivity index (χ0) is 18.8. The normalized spacial score (nSPS) is 13.8. The molecular formula is C17H22ClF3N4O. The van der Waals surface area contributed by atoms with E-state index < -0.39 is 17.4 Å². The van der Waals surface area contributed by atoms with Gasteiger partial charge in [0, 0.05) is 18.3 Å². The zero-order valence-corrected chi connectivity index (χ0v) is 15.5. The molecule has 3 N–H and O–H groups in total. The third-order valence-electron chi connectivity index (χ3n) is 4.35. The molecule has 0 fully saturated rings. The Kier molecular flexibility index (Phi) is 6.84. The Hall–Kier alpha value is -2.06. The Balaban J connectivity index is 0.00000338. The number of carbonyl (C=O) groups excluding carboxylic acids is 1. The topological polar surface area (TPSA) is 72.9 Å². The van der Waals surface area contributed by atoms with Crippen molar-refractivity contribution >= 4 is 18.3 Å². The van der Waals surface area contributed by atoms with Gasteiger partial charge in [0.05, 0.1) is 11.2 Å². The lowest BCUT2D eigenvalue weighted by Gasteiger charge is -2.33. The minimum atomic E-state index is -4.51. The Labute approximate surface area is 156 Å². The average Bonchev–Trinajstić information content (AvgIpc) is 3.05. The molecule has 0 spiro atoms. The predicted octanol–water partition coefficient (Wildman–Crippen LogP) is 3.42. The molecule has 0 saturated heterocycles. The van der Waals surface area contributed by atoms with Crippen molar-refractivity contribution in [2.45, 2.75) is 32.5 Å². The minimum Gasteiger partial charge on any atom is -0.345 e. The van der Waals surface area contributed by atoms with E-state index in [-0.39, 0.29) is 30.8 Å². The summed E-state index contributed by atoms with van der Waals surface area (Å²) in [5.41, 5.74) is 4.88. The van der Waals surface area contributed by atoms with Gasteiger partial charge in [-0.15, -0.1) is 12.4 Å². The molecule has 144 valence electrons. The van der Waals surface area contributed by atoms with Gasteiger partial charge in [-0.25, -0.2) is 4.68 Å². The molecule has 1 unspecified atom stereocenters. The number of nitrogens with two attached hydrogens (primary N) is 1. The molecule has 1 aromatic carbocycles. The van der Waals surface area contributed by atoms with Gasteiger partial charge in [-0.3, -0.25) is 4.79 Å². The summed E-state index contributed by atoms with van der Waals surface area (Å²) in [6, 6.07) is 7.13. The molecule has 26 heavy (non-hydrogen) atoms. The number of amides is 1. The standard InChI is InChI=1S/C17H21F3N4O.ClH/c1-11(2)16(3,10-21)22-15(25)12-5-4-6-13(9-12)24-8-7-14(23-24)17(18,19)20;/h4-9,11H,10,21H2,1-3H3,(H,22,25);1H. The van der Waals surface area contributed by atoms with Crippen molar-refractivity contribution in [1.82, 2.24) is 15.1 Å². The van der Waals surface area contributed by atoms with E-state index in [4.69, 9.17) is 5.73 Å². The van der Waals surface area contributed by atoms with Crippen LogP contribution in [0, 0.1) is 5.92 Å². The molecule has 0 aliphatic carbocycles. The number of benzene rings is 1. The van der Waals surface area contributed by atoms with Gasteiger partial charge in [-0.05, 0) is 37.1 Å². The van der Waals surface area contributed by atoms with Crippen LogP contribution in [0.3, 0.4) is 0 Å². The van der Waals surface area contributed by atoms with Gasteiger partial charge in [0.2, 0.25) is 0 Å². The van der Waals surface area contributed by atoms with Crippen LogP contribution in [-0.2, 0) is 6.18 Å². The highest BCUT2D eigenvalue weighted by molar-refractivity contribution is 5.95. The third-order valence-corrected chi connectivity index (χ3v) is 4.35. The summed E-state index contributed by atoms with van der Waals surface area (Å²) >= 11 is 0. The van der Waals surface area contributed by atoms with Crippen molar-refractivity contribution in [3.05, 3.63) is 47.8 Å². The molecule has 1 amide bonds. The van der Waals surface area contributed by atoms with Crippen LogP contribution in [0.25, 0.3) is 5.69 Å². The molecule has 2 aromatic rings. The van der Waals surface area contributed by atoms with E-state index in [0.29, 0.717) is 11.3 Å². The molecule has 0 bridgehead atoms. The van der Waals surface area contributed by atoms with Gasteiger partial charge in [0.15, 0.2) is 5.69 Å². The average molecular weight is 391 g/mol. The van der Waals surface area contributed by atoms with Crippen LogP contribution in [0.1, 0.15) is 36.8 Å². The highest BCUT2D eigenvalue weighted by Crippen LogP contribution is 2.28. The van der Waals surface area contributed by atoms with Crippen LogP contribution in [0.4, 0.5) is 13.2 Å². The summed E-state index contributed by atoms with van der Waals surface area (Å²) in [7, 11) is 0. The van der Waals surface area contributed by atoms with E-state index in [9.17, 15) is 18.0 Å². The molecule has 0 aliphatic rings. The van der Waals surface area contributed by atoms with Crippen molar-refractivity contribution in [1.29, 1.82) is 0 Å². The second-order valence-corrected chi connectivity index (χ2v) is 6.42. The maximum absolute atomic E-state index is 12.7. The Morgan fingerprint density at radius 1 is 1.31 bits per heavy atom. The van der Waals surface area contributed by atoms with E-state index in [1.807, 2.05) is 20.8 Å². The van der Waals surface area contributed by atoms with Gasteiger partial charge >= 0.3 is 6.18 Å². The SMILES string of the molecule is CC(C)C(C)(CN)NC(=O)c1cccc(-n2ccc(C(F)(F)F)n2)c1.Cl. The smallest absolute Gasteiger partial charge is 0.345 e. The van der Waals surface area contributed by atoms with Crippen molar-refractivity contribution in [2.75, 3.05) is 6.54 Å². The maximum atomic E-state index is 12.7. The first-order valence-electron chi connectivity index (χ1n) is 7.83. The quantitative estimate of drug-likeness (QED) is 0.821. The lowest BCUT2D eigenvalue weighted by molar-refractivity contribution is -0.141. The summed E-state index contributed by atoms with van der Waals surface area (Å²) in [5.74, 6) is -0.225. The highest BCUT2D eigenvalue weighted by atomic mass is 35.5.